The second-order valence-corrected chi connectivity index (χ2v) is 6.14. The fraction of sp³-hybridized carbons (Fsp3) is 0.231. The van der Waals surface area contributed by atoms with Gasteiger partial charge in [-0.15, -0.1) is 0 Å². The van der Waals surface area contributed by atoms with Gasteiger partial charge in [-0.25, -0.2) is 13.1 Å². The molecule has 0 aromatic carbocycles. The number of furan rings is 1. The Labute approximate surface area is 122 Å². The van der Waals surface area contributed by atoms with E-state index in [0.29, 0.717) is 11.3 Å². The van der Waals surface area contributed by atoms with E-state index in [9.17, 15) is 13.2 Å². The third kappa shape index (κ3) is 5.01. The summed E-state index contributed by atoms with van der Waals surface area (Å²) in [5.74, 6) is -0.0398. The van der Waals surface area contributed by atoms with Crippen LogP contribution >= 0.6 is 0 Å². The first-order valence-corrected chi connectivity index (χ1v) is 7.90. The summed E-state index contributed by atoms with van der Waals surface area (Å²) in [6.07, 6.45) is 4.44. The summed E-state index contributed by atoms with van der Waals surface area (Å²) >= 11 is 0. The van der Waals surface area contributed by atoms with Crippen molar-refractivity contribution in [2.75, 3.05) is 12.3 Å². The third-order valence-electron chi connectivity index (χ3n) is 2.63. The Morgan fingerprint density at radius 3 is 2.81 bits per heavy atom. The zero-order valence-corrected chi connectivity index (χ0v) is 12.0. The third-order valence-corrected chi connectivity index (χ3v) is 3.95. The number of rotatable bonds is 7. The highest BCUT2D eigenvalue weighted by atomic mass is 32.2. The van der Waals surface area contributed by atoms with Gasteiger partial charge in [0.2, 0.25) is 10.0 Å². The molecule has 0 aliphatic heterocycles. The number of carbonyl (C=O) groups excluding carboxylic acids is 1. The predicted molar refractivity (Wildman–Crippen MR) is 75.9 cm³/mol. The molecule has 1 amide bonds. The number of amides is 1. The van der Waals surface area contributed by atoms with E-state index in [-0.39, 0.29) is 24.7 Å². The van der Waals surface area contributed by atoms with Crippen LogP contribution in [-0.2, 0) is 16.6 Å². The fourth-order valence-corrected chi connectivity index (χ4v) is 2.44. The van der Waals surface area contributed by atoms with Crippen LogP contribution < -0.4 is 10.0 Å². The summed E-state index contributed by atoms with van der Waals surface area (Å²) in [6, 6.07) is 6.59. The normalized spacial score (nSPS) is 11.2. The molecule has 0 aliphatic carbocycles. The number of nitrogens with one attached hydrogen (secondary N) is 2. The summed E-state index contributed by atoms with van der Waals surface area (Å²) in [7, 11) is -3.48. The molecular formula is C13H15N3O4S. The van der Waals surface area contributed by atoms with E-state index in [0.717, 1.165) is 0 Å². The van der Waals surface area contributed by atoms with Crippen LogP contribution in [0.5, 0.6) is 0 Å². The van der Waals surface area contributed by atoms with Crippen LogP contribution in [0.1, 0.15) is 16.1 Å². The Morgan fingerprint density at radius 1 is 1.29 bits per heavy atom. The van der Waals surface area contributed by atoms with Crippen LogP contribution in [0.25, 0.3) is 0 Å². The molecular weight excluding hydrogens is 294 g/mol. The lowest BCUT2D eigenvalue weighted by Gasteiger charge is -2.07. The van der Waals surface area contributed by atoms with Crippen LogP contribution in [0.15, 0.2) is 47.3 Å². The van der Waals surface area contributed by atoms with Crippen LogP contribution in [0.2, 0.25) is 0 Å². The molecule has 2 aromatic rings. The molecule has 0 bridgehead atoms. The van der Waals surface area contributed by atoms with Gasteiger partial charge >= 0.3 is 0 Å². The van der Waals surface area contributed by atoms with Crippen molar-refractivity contribution < 1.29 is 17.6 Å². The number of hydrogen-bond donors (Lipinski definition) is 2. The molecule has 0 saturated heterocycles. The fourth-order valence-electron chi connectivity index (χ4n) is 1.56. The summed E-state index contributed by atoms with van der Waals surface area (Å²) in [5.41, 5.74) is 0.387. The van der Waals surface area contributed by atoms with Gasteiger partial charge in [-0.3, -0.25) is 9.78 Å². The van der Waals surface area contributed by atoms with E-state index in [1.165, 1.54) is 12.5 Å². The maximum Gasteiger partial charge on any atom is 0.252 e. The lowest BCUT2D eigenvalue weighted by molar-refractivity contribution is 0.0955. The van der Waals surface area contributed by atoms with Gasteiger partial charge in [-0.05, 0) is 24.3 Å². The average Bonchev–Trinajstić information content (AvgIpc) is 2.99. The molecule has 0 atom stereocenters. The highest BCUT2D eigenvalue weighted by Crippen LogP contribution is 2.00. The molecule has 0 unspecified atom stereocenters. The molecule has 2 aromatic heterocycles. The minimum absolute atomic E-state index is 0.0151. The van der Waals surface area contributed by atoms with Gasteiger partial charge in [-0.1, -0.05) is 0 Å². The van der Waals surface area contributed by atoms with Gasteiger partial charge in [0.25, 0.3) is 5.91 Å². The number of nitrogens with zero attached hydrogens (tertiary/aromatic N) is 1. The quantitative estimate of drug-likeness (QED) is 0.776. The van der Waals surface area contributed by atoms with Crippen molar-refractivity contribution in [1.29, 1.82) is 0 Å². The van der Waals surface area contributed by atoms with Crippen LogP contribution in [0.3, 0.4) is 0 Å². The largest absolute Gasteiger partial charge is 0.468 e. The number of hydrogen-bond acceptors (Lipinski definition) is 5. The molecule has 8 heteroatoms. The molecule has 0 aliphatic rings. The number of carbonyl (C=O) groups is 1. The van der Waals surface area contributed by atoms with Crippen molar-refractivity contribution >= 4 is 15.9 Å². The zero-order valence-electron chi connectivity index (χ0n) is 11.2. The van der Waals surface area contributed by atoms with Crippen LogP contribution in [-0.4, -0.2) is 31.6 Å². The molecule has 7 nitrogen and oxygen atoms in total. The van der Waals surface area contributed by atoms with Crippen molar-refractivity contribution in [1.82, 2.24) is 15.0 Å². The molecule has 21 heavy (non-hydrogen) atoms. The summed E-state index contributed by atoms with van der Waals surface area (Å²) in [5, 5.41) is 2.53. The summed E-state index contributed by atoms with van der Waals surface area (Å²) in [4.78, 5) is 15.5. The first-order chi connectivity index (χ1) is 10.1. The summed E-state index contributed by atoms with van der Waals surface area (Å²) in [6.45, 7) is 0.104. The number of sulfonamides is 1. The van der Waals surface area contributed by atoms with E-state index in [1.54, 1.807) is 30.5 Å². The second kappa shape index (κ2) is 7.00. The van der Waals surface area contributed by atoms with Gasteiger partial charge < -0.3 is 9.73 Å². The van der Waals surface area contributed by atoms with Crippen molar-refractivity contribution in [3.63, 3.8) is 0 Å². The monoisotopic (exact) mass is 309 g/mol. The molecule has 2 rings (SSSR count). The SMILES string of the molecule is O=C(NCCS(=O)(=O)NCc1ccco1)c1cccnc1. The van der Waals surface area contributed by atoms with Crippen LogP contribution in [0.4, 0.5) is 0 Å². The minimum atomic E-state index is -3.48. The van der Waals surface area contributed by atoms with E-state index in [1.807, 2.05) is 0 Å². The lowest BCUT2D eigenvalue weighted by atomic mass is 10.3. The maximum absolute atomic E-state index is 11.7. The zero-order chi connectivity index (χ0) is 15.1. The molecule has 0 spiro atoms. The van der Waals surface area contributed by atoms with Gasteiger partial charge in [0.15, 0.2) is 0 Å². The topological polar surface area (TPSA) is 101 Å². The molecule has 2 heterocycles. The Hall–Kier alpha value is -2.19. The Balaban J connectivity index is 1.75. The summed E-state index contributed by atoms with van der Waals surface area (Å²) < 4.78 is 30.9. The highest BCUT2D eigenvalue weighted by Gasteiger charge is 2.12. The van der Waals surface area contributed by atoms with E-state index < -0.39 is 10.0 Å². The molecule has 0 fully saturated rings. The predicted octanol–water partition coefficient (Wildman–Crippen LogP) is 0.524. The van der Waals surface area contributed by atoms with E-state index in [4.69, 9.17) is 4.42 Å². The van der Waals surface area contributed by atoms with Crippen LogP contribution in [0, 0.1) is 0 Å². The van der Waals surface area contributed by atoms with Gasteiger partial charge in [-0.2, -0.15) is 0 Å². The molecule has 2 N–H and O–H groups in total. The van der Waals surface area contributed by atoms with Gasteiger partial charge in [0.1, 0.15) is 5.76 Å². The standard InChI is InChI=1S/C13H15N3O4S/c17-13(11-3-1-5-14-9-11)15-6-8-21(18,19)16-10-12-4-2-7-20-12/h1-5,7,9,16H,6,8,10H2,(H,15,17). The Bertz CT molecular complexity index is 669. The smallest absolute Gasteiger partial charge is 0.252 e. The first kappa shape index (κ1) is 15.2. The Morgan fingerprint density at radius 2 is 2.14 bits per heavy atom. The number of pyridine rings is 1. The minimum Gasteiger partial charge on any atom is -0.468 e. The first-order valence-electron chi connectivity index (χ1n) is 6.25. The molecule has 0 saturated carbocycles. The van der Waals surface area contributed by atoms with Crippen molar-refractivity contribution in [3.8, 4) is 0 Å². The van der Waals surface area contributed by atoms with E-state index in [2.05, 4.69) is 15.0 Å². The van der Waals surface area contributed by atoms with Gasteiger partial charge in [0, 0.05) is 18.9 Å². The second-order valence-electron chi connectivity index (χ2n) is 4.22. The lowest BCUT2D eigenvalue weighted by Crippen LogP contribution is -2.34. The number of aromatic nitrogens is 1. The maximum atomic E-state index is 11.7. The molecule has 112 valence electrons. The molecule has 0 radical (unpaired) electrons. The van der Waals surface area contributed by atoms with Crippen molar-refractivity contribution in [2.45, 2.75) is 6.54 Å². The van der Waals surface area contributed by atoms with E-state index >= 15 is 0 Å². The van der Waals surface area contributed by atoms with Crippen molar-refractivity contribution in [2.24, 2.45) is 0 Å². The Kier molecular flexibility index (Phi) is 5.07. The van der Waals surface area contributed by atoms with Crippen molar-refractivity contribution in [3.05, 3.63) is 54.2 Å². The van der Waals surface area contributed by atoms with Gasteiger partial charge in [0.05, 0.1) is 24.1 Å². The highest BCUT2D eigenvalue weighted by molar-refractivity contribution is 7.89. The average molecular weight is 309 g/mol.